The van der Waals surface area contributed by atoms with Crippen LogP contribution in [0.2, 0.25) is 0 Å². The summed E-state index contributed by atoms with van der Waals surface area (Å²) in [5.41, 5.74) is 1.98. The van der Waals surface area contributed by atoms with Gasteiger partial charge in [0, 0.05) is 5.69 Å². The Morgan fingerprint density at radius 2 is 1.77 bits per heavy atom. The fourth-order valence-electron chi connectivity index (χ4n) is 2.36. The molecule has 7 heteroatoms. The lowest BCUT2D eigenvalue weighted by Crippen LogP contribution is -2.37. The lowest BCUT2D eigenvalue weighted by Gasteiger charge is -2.22. The molecule has 0 saturated carbocycles. The van der Waals surface area contributed by atoms with Crippen LogP contribution in [0.1, 0.15) is 18.9 Å². The van der Waals surface area contributed by atoms with Gasteiger partial charge in [0.05, 0.1) is 18.6 Å². The van der Waals surface area contributed by atoms with Gasteiger partial charge in [0.1, 0.15) is 12.3 Å². The standard InChI is InChI=1S/C19H24N2O4S/c1-4-13-25-17-11-9-16(10-12-17)21(26(3,23)24)14-19(22)20-18-8-6-5-7-15(18)2/h5-12H,4,13-14H2,1-3H3,(H,20,22). The molecular weight excluding hydrogens is 352 g/mol. The van der Waals surface area contributed by atoms with E-state index in [0.29, 0.717) is 23.7 Å². The highest BCUT2D eigenvalue weighted by Gasteiger charge is 2.21. The number of ether oxygens (including phenoxy) is 1. The molecule has 1 N–H and O–H groups in total. The van der Waals surface area contributed by atoms with Crippen molar-refractivity contribution in [1.29, 1.82) is 0 Å². The highest BCUT2D eigenvalue weighted by molar-refractivity contribution is 7.92. The van der Waals surface area contributed by atoms with Gasteiger partial charge >= 0.3 is 0 Å². The lowest BCUT2D eigenvalue weighted by molar-refractivity contribution is -0.114. The van der Waals surface area contributed by atoms with Gasteiger partial charge in [0.25, 0.3) is 0 Å². The maximum Gasteiger partial charge on any atom is 0.245 e. The quantitative estimate of drug-likeness (QED) is 0.768. The molecule has 0 unspecified atom stereocenters. The first kappa shape index (κ1) is 19.8. The number of sulfonamides is 1. The second kappa shape index (κ2) is 8.71. The molecule has 0 aliphatic heterocycles. The molecule has 26 heavy (non-hydrogen) atoms. The van der Waals surface area contributed by atoms with E-state index in [1.54, 1.807) is 30.3 Å². The Morgan fingerprint density at radius 3 is 2.35 bits per heavy atom. The van der Waals surface area contributed by atoms with Crippen LogP contribution in [-0.4, -0.2) is 33.7 Å². The summed E-state index contributed by atoms with van der Waals surface area (Å²) in [7, 11) is -3.61. The largest absolute Gasteiger partial charge is 0.494 e. The van der Waals surface area contributed by atoms with Crippen LogP contribution in [0.3, 0.4) is 0 Å². The van der Waals surface area contributed by atoms with E-state index in [2.05, 4.69) is 5.32 Å². The van der Waals surface area contributed by atoms with E-state index in [-0.39, 0.29) is 6.54 Å². The first-order valence-corrected chi connectivity index (χ1v) is 10.2. The summed E-state index contributed by atoms with van der Waals surface area (Å²) in [4.78, 5) is 12.4. The molecule has 2 aromatic carbocycles. The summed E-state index contributed by atoms with van der Waals surface area (Å²) in [6, 6.07) is 14.0. The minimum Gasteiger partial charge on any atom is -0.494 e. The minimum atomic E-state index is -3.61. The van der Waals surface area contributed by atoms with E-state index in [0.717, 1.165) is 22.5 Å². The number of rotatable bonds is 8. The number of aryl methyl sites for hydroxylation is 1. The molecule has 6 nitrogen and oxygen atoms in total. The molecule has 0 bridgehead atoms. The van der Waals surface area contributed by atoms with Crippen molar-refractivity contribution >= 4 is 27.3 Å². The predicted molar refractivity (Wildman–Crippen MR) is 104 cm³/mol. The van der Waals surface area contributed by atoms with Crippen molar-refractivity contribution in [3.05, 3.63) is 54.1 Å². The summed E-state index contributed by atoms with van der Waals surface area (Å²) >= 11 is 0. The number of carbonyl (C=O) groups is 1. The Bertz CT molecular complexity index is 848. The number of nitrogens with one attached hydrogen (secondary N) is 1. The van der Waals surface area contributed by atoms with Crippen molar-refractivity contribution in [3.8, 4) is 5.75 Å². The second-order valence-corrected chi connectivity index (χ2v) is 7.88. The van der Waals surface area contributed by atoms with Crippen LogP contribution in [0.4, 0.5) is 11.4 Å². The average molecular weight is 376 g/mol. The van der Waals surface area contributed by atoms with Gasteiger partial charge in [0.15, 0.2) is 0 Å². The van der Waals surface area contributed by atoms with Crippen LogP contribution in [-0.2, 0) is 14.8 Å². The zero-order valence-corrected chi connectivity index (χ0v) is 16.0. The fourth-order valence-corrected chi connectivity index (χ4v) is 3.22. The summed E-state index contributed by atoms with van der Waals surface area (Å²) < 4.78 is 30.9. The van der Waals surface area contributed by atoms with Crippen molar-refractivity contribution in [2.24, 2.45) is 0 Å². The summed E-state index contributed by atoms with van der Waals surface area (Å²) in [6.07, 6.45) is 1.96. The molecule has 2 rings (SSSR count). The number of nitrogens with zero attached hydrogens (tertiary/aromatic N) is 1. The van der Waals surface area contributed by atoms with Crippen molar-refractivity contribution in [2.75, 3.05) is 29.0 Å². The van der Waals surface area contributed by atoms with Gasteiger partial charge in [-0.3, -0.25) is 9.10 Å². The number of hydrogen-bond donors (Lipinski definition) is 1. The first-order chi connectivity index (χ1) is 12.3. The van der Waals surface area contributed by atoms with Gasteiger partial charge in [-0.2, -0.15) is 0 Å². The first-order valence-electron chi connectivity index (χ1n) is 8.37. The van der Waals surface area contributed by atoms with Crippen molar-refractivity contribution in [2.45, 2.75) is 20.3 Å². The van der Waals surface area contributed by atoms with E-state index in [1.165, 1.54) is 0 Å². The zero-order valence-electron chi connectivity index (χ0n) is 15.2. The SMILES string of the molecule is CCCOc1ccc(N(CC(=O)Nc2ccccc2C)S(C)(=O)=O)cc1. The smallest absolute Gasteiger partial charge is 0.245 e. The predicted octanol–water partition coefficient (Wildman–Crippen LogP) is 3.19. The molecule has 0 radical (unpaired) electrons. The van der Waals surface area contributed by atoms with Gasteiger partial charge in [-0.1, -0.05) is 25.1 Å². The van der Waals surface area contributed by atoms with Gasteiger partial charge < -0.3 is 10.1 Å². The van der Waals surface area contributed by atoms with Gasteiger partial charge in [-0.15, -0.1) is 0 Å². The van der Waals surface area contributed by atoms with Crippen LogP contribution in [0, 0.1) is 6.92 Å². The number of para-hydroxylation sites is 1. The number of hydrogen-bond acceptors (Lipinski definition) is 4. The Balaban J connectivity index is 2.15. The van der Waals surface area contributed by atoms with Crippen molar-refractivity contribution < 1.29 is 17.9 Å². The highest BCUT2D eigenvalue weighted by Crippen LogP contribution is 2.22. The number of anilines is 2. The minimum absolute atomic E-state index is 0.303. The molecular formula is C19H24N2O4S. The van der Waals surface area contributed by atoms with Crippen LogP contribution >= 0.6 is 0 Å². The Labute approximate surface area is 154 Å². The third-order valence-corrected chi connectivity index (χ3v) is 4.84. The average Bonchev–Trinajstić information content (AvgIpc) is 2.59. The Hall–Kier alpha value is -2.54. The molecule has 1 amide bonds. The second-order valence-electron chi connectivity index (χ2n) is 5.98. The maximum absolute atomic E-state index is 12.4. The van der Waals surface area contributed by atoms with Crippen LogP contribution in [0.15, 0.2) is 48.5 Å². The molecule has 0 aliphatic rings. The monoisotopic (exact) mass is 376 g/mol. The summed E-state index contributed by atoms with van der Waals surface area (Å²) in [6.45, 7) is 4.17. The van der Waals surface area contributed by atoms with E-state index >= 15 is 0 Å². The molecule has 0 aromatic heterocycles. The molecule has 0 spiro atoms. The molecule has 0 saturated heterocycles. The molecule has 2 aromatic rings. The van der Waals surface area contributed by atoms with Crippen molar-refractivity contribution in [3.63, 3.8) is 0 Å². The highest BCUT2D eigenvalue weighted by atomic mass is 32.2. The number of carbonyl (C=O) groups excluding carboxylic acids is 1. The van der Waals surface area contributed by atoms with E-state index in [4.69, 9.17) is 4.74 Å². The Morgan fingerprint density at radius 1 is 1.12 bits per heavy atom. The molecule has 0 aliphatic carbocycles. The Kier molecular flexibility index (Phi) is 6.63. The van der Waals surface area contributed by atoms with E-state index in [9.17, 15) is 13.2 Å². The number of amides is 1. The molecule has 140 valence electrons. The third kappa shape index (κ3) is 5.49. The normalized spacial score (nSPS) is 11.0. The van der Waals surface area contributed by atoms with Crippen molar-refractivity contribution in [1.82, 2.24) is 0 Å². The topological polar surface area (TPSA) is 75.7 Å². The zero-order chi connectivity index (χ0) is 19.2. The maximum atomic E-state index is 12.4. The summed E-state index contributed by atoms with van der Waals surface area (Å²) in [5.74, 6) is 0.254. The molecule has 0 atom stereocenters. The molecule has 0 heterocycles. The van der Waals surface area contributed by atoms with E-state index in [1.807, 2.05) is 32.0 Å². The lowest BCUT2D eigenvalue weighted by atomic mass is 10.2. The molecule has 0 fully saturated rings. The van der Waals surface area contributed by atoms with E-state index < -0.39 is 15.9 Å². The van der Waals surface area contributed by atoms with Gasteiger partial charge in [-0.25, -0.2) is 8.42 Å². The van der Waals surface area contributed by atoms with Crippen LogP contribution in [0.25, 0.3) is 0 Å². The fraction of sp³-hybridized carbons (Fsp3) is 0.316. The van der Waals surface area contributed by atoms with Crippen LogP contribution < -0.4 is 14.4 Å². The van der Waals surface area contributed by atoms with Gasteiger partial charge in [-0.05, 0) is 49.2 Å². The number of benzene rings is 2. The summed E-state index contributed by atoms with van der Waals surface area (Å²) in [5, 5.41) is 2.75. The van der Waals surface area contributed by atoms with Crippen LogP contribution in [0.5, 0.6) is 5.75 Å². The van der Waals surface area contributed by atoms with Gasteiger partial charge in [0.2, 0.25) is 15.9 Å². The third-order valence-electron chi connectivity index (χ3n) is 3.70.